The minimum absolute atomic E-state index is 0.0752. The van der Waals surface area contributed by atoms with E-state index >= 15 is 0 Å². The number of hydrogen-bond acceptors (Lipinski definition) is 5. The topological polar surface area (TPSA) is 78.7 Å². The maximum atomic E-state index is 13.6. The van der Waals surface area contributed by atoms with Gasteiger partial charge >= 0.3 is 12.1 Å². The molecule has 10 heteroatoms. The highest BCUT2D eigenvalue weighted by molar-refractivity contribution is 5.76. The minimum atomic E-state index is -2.85. The third-order valence-corrected chi connectivity index (χ3v) is 4.13. The fourth-order valence-electron chi connectivity index (χ4n) is 2.78. The molecule has 3 aromatic heterocycles. The Morgan fingerprint density at radius 2 is 1.96 bits per heavy atom. The number of hydrogen-bond donors (Lipinski definition) is 0. The summed E-state index contributed by atoms with van der Waals surface area (Å²) in [5.41, 5.74) is 1.64. The van der Waals surface area contributed by atoms with Crippen molar-refractivity contribution in [1.82, 2.24) is 24.3 Å². The third-order valence-electron chi connectivity index (χ3n) is 4.13. The monoisotopic (exact) mass is 375 g/mol. The highest BCUT2D eigenvalue weighted by Crippen LogP contribution is 2.23. The lowest BCUT2D eigenvalue weighted by atomic mass is 10.2. The summed E-state index contributed by atoms with van der Waals surface area (Å²) < 4.78 is 46.3. The normalized spacial score (nSPS) is 11.6. The van der Waals surface area contributed by atoms with Gasteiger partial charge in [-0.2, -0.15) is 8.78 Å². The molecule has 0 spiro atoms. The summed E-state index contributed by atoms with van der Waals surface area (Å²) in [6.07, 6.45) is -1.47. The van der Waals surface area contributed by atoms with E-state index in [0.29, 0.717) is 22.3 Å². The molecule has 3 heterocycles. The van der Waals surface area contributed by atoms with Gasteiger partial charge in [-0.25, -0.2) is 9.18 Å². The predicted molar refractivity (Wildman–Crippen MR) is 88.7 cm³/mol. The number of pyridine rings is 1. The van der Waals surface area contributed by atoms with E-state index in [-0.39, 0.29) is 18.1 Å². The summed E-state index contributed by atoms with van der Waals surface area (Å²) >= 11 is 0. The van der Waals surface area contributed by atoms with Gasteiger partial charge in [0.15, 0.2) is 0 Å². The second-order valence-electron chi connectivity index (χ2n) is 5.85. The Morgan fingerprint density at radius 1 is 1.15 bits per heavy atom. The molecule has 0 saturated heterocycles. The Labute approximate surface area is 149 Å². The molecule has 0 bridgehead atoms. The second kappa shape index (κ2) is 6.38. The first kappa shape index (κ1) is 17.0. The summed E-state index contributed by atoms with van der Waals surface area (Å²) in [6.45, 7) is 0.117. The fourth-order valence-corrected chi connectivity index (χ4v) is 2.78. The van der Waals surface area contributed by atoms with Crippen LogP contribution in [0.4, 0.5) is 13.2 Å². The molecule has 4 rings (SSSR count). The van der Waals surface area contributed by atoms with Crippen LogP contribution in [-0.2, 0) is 13.6 Å². The molecular weight excluding hydrogens is 363 g/mol. The smallest absolute Gasteiger partial charge is 0.329 e. The van der Waals surface area contributed by atoms with Crippen LogP contribution in [-0.4, -0.2) is 24.3 Å². The van der Waals surface area contributed by atoms with E-state index in [9.17, 15) is 18.0 Å². The largest absolute Gasteiger partial charge is 0.415 e. The van der Waals surface area contributed by atoms with E-state index in [1.165, 1.54) is 33.5 Å². The van der Waals surface area contributed by atoms with E-state index in [1.807, 2.05) is 0 Å². The van der Waals surface area contributed by atoms with Gasteiger partial charge in [0.25, 0.3) is 5.89 Å². The Hall–Kier alpha value is -3.43. The SMILES string of the molecule is Cn1c(=O)n(Cc2ccc(-c3nnc(C(F)F)o3)cn2)c2cc(F)ccc21. The van der Waals surface area contributed by atoms with Gasteiger partial charge in [-0.15, -0.1) is 10.2 Å². The van der Waals surface area contributed by atoms with Crippen LogP contribution in [0.15, 0.2) is 45.7 Å². The first-order valence-corrected chi connectivity index (χ1v) is 7.85. The molecule has 0 atom stereocenters. The first-order valence-electron chi connectivity index (χ1n) is 7.85. The highest BCUT2D eigenvalue weighted by atomic mass is 19.3. The van der Waals surface area contributed by atoms with Gasteiger partial charge in [0.05, 0.1) is 28.8 Å². The van der Waals surface area contributed by atoms with Gasteiger partial charge in [0.1, 0.15) is 5.82 Å². The molecule has 4 aromatic rings. The Bertz CT molecular complexity index is 1180. The van der Waals surface area contributed by atoms with Crippen molar-refractivity contribution in [3.05, 3.63) is 64.4 Å². The zero-order chi connectivity index (χ0) is 19.1. The summed E-state index contributed by atoms with van der Waals surface area (Å²) in [5, 5.41) is 6.81. The van der Waals surface area contributed by atoms with Crippen molar-refractivity contribution >= 4 is 11.0 Å². The number of nitrogens with zero attached hydrogens (tertiary/aromatic N) is 5. The number of rotatable bonds is 4. The number of imidazole rings is 1. The van der Waals surface area contributed by atoms with Crippen molar-refractivity contribution in [2.24, 2.45) is 7.05 Å². The van der Waals surface area contributed by atoms with E-state index < -0.39 is 18.1 Å². The van der Waals surface area contributed by atoms with E-state index in [0.717, 1.165) is 0 Å². The van der Waals surface area contributed by atoms with Crippen LogP contribution in [0.25, 0.3) is 22.5 Å². The molecule has 0 aliphatic carbocycles. The van der Waals surface area contributed by atoms with Crippen molar-refractivity contribution in [1.29, 1.82) is 0 Å². The van der Waals surface area contributed by atoms with Gasteiger partial charge in [-0.1, -0.05) is 0 Å². The molecule has 1 aromatic carbocycles. The number of halogens is 3. The van der Waals surface area contributed by atoms with Crippen molar-refractivity contribution in [3.8, 4) is 11.5 Å². The van der Waals surface area contributed by atoms with Crippen LogP contribution in [0.3, 0.4) is 0 Å². The zero-order valence-corrected chi connectivity index (χ0v) is 13.9. The highest BCUT2D eigenvalue weighted by Gasteiger charge is 2.17. The van der Waals surface area contributed by atoms with Gasteiger partial charge in [-0.3, -0.25) is 14.1 Å². The van der Waals surface area contributed by atoms with Crippen molar-refractivity contribution in [3.63, 3.8) is 0 Å². The Balaban J connectivity index is 1.66. The van der Waals surface area contributed by atoms with Gasteiger partial charge in [0, 0.05) is 13.2 Å². The summed E-state index contributed by atoms with van der Waals surface area (Å²) in [4.78, 5) is 16.6. The van der Waals surface area contributed by atoms with Gasteiger partial charge < -0.3 is 4.42 Å². The molecule has 0 N–H and O–H groups in total. The molecule has 0 fully saturated rings. The predicted octanol–water partition coefficient (Wildman–Crippen LogP) is 2.91. The standard InChI is InChI=1S/C17H12F3N5O2/c1-24-12-5-3-10(18)6-13(12)25(17(24)26)8-11-4-2-9(7-21-11)15-22-23-16(27-15)14(19)20/h2-7,14H,8H2,1H3. The van der Waals surface area contributed by atoms with Crippen LogP contribution < -0.4 is 5.69 Å². The zero-order valence-electron chi connectivity index (χ0n) is 13.9. The molecule has 0 amide bonds. The van der Waals surface area contributed by atoms with Gasteiger partial charge in [0.2, 0.25) is 5.89 Å². The van der Waals surface area contributed by atoms with Crippen LogP contribution in [0, 0.1) is 5.82 Å². The Morgan fingerprint density at radius 3 is 2.63 bits per heavy atom. The summed E-state index contributed by atoms with van der Waals surface area (Å²) in [6, 6.07) is 7.29. The molecule has 0 unspecified atom stereocenters. The number of aryl methyl sites for hydroxylation is 1. The molecule has 0 aliphatic rings. The van der Waals surface area contributed by atoms with Gasteiger partial charge in [-0.05, 0) is 30.3 Å². The third kappa shape index (κ3) is 2.98. The van der Waals surface area contributed by atoms with E-state index in [1.54, 1.807) is 19.2 Å². The number of alkyl halides is 2. The molecule has 0 aliphatic heterocycles. The van der Waals surface area contributed by atoms with Crippen molar-refractivity contribution < 1.29 is 17.6 Å². The Kier molecular flexibility index (Phi) is 4.02. The molecule has 27 heavy (non-hydrogen) atoms. The maximum Gasteiger partial charge on any atom is 0.329 e. The number of aromatic nitrogens is 5. The maximum absolute atomic E-state index is 13.6. The number of fused-ring (bicyclic) bond motifs is 1. The average molecular weight is 375 g/mol. The molecule has 138 valence electrons. The lowest BCUT2D eigenvalue weighted by Crippen LogP contribution is -2.23. The lowest BCUT2D eigenvalue weighted by Gasteiger charge is -2.04. The number of benzene rings is 1. The van der Waals surface area contributed by atoms with E-state index in [2.05, 4.69) is 15.2 Å². The average Bonchev–Trinajstić information content (AvgIpc) is 3.23. The summed E-state index contributed by atoms with van der Waals surface area (Å²) in [7, 11) is 1.60. The van der Waals surface area contributed by atoms with Crippen LogP contribution in [0.5, 0.6) is 0 Å². The molecular formula is C17H12F3N5O2. The molecule has 7 nitrogen and oxygen atoms in total. The fraction of sp³-hybridized carbons (Fsp3) is 0.176. The summed E-state index contributed by atoms with van der Waals surface area (Å²) in [5.74, 6) is -1.29. The molecule has 0 saturated carbocycles. The second-order valence-corrected chi connectivity index (χ2v) is 5.85. The van der Waals surface area contributed by atoms with E-state index in [4.69, 9.17) is 4.42 Å². The van der Waals surface area contributed by atoms with Crippen LogP contribution in [0.2, 0.25) is 0 Å². The van der Waals surface area contributed by atoms with Crippen LogP contribution >= 0.6 is 0 Å². The molecule has 0 radical (unpaired) electrons. The quantitative estimate of drug-likeness (QED) is 0.548. The van der Waals surface area contributed by atoms with Crippen molar-refractivity contribution in [2.75, 3.05) is 0 Å². The van der Waals surface area contributed by atoms with Crippen molar-refractivity contribution in [2.45, 2.75) is 13.0 Å². The first-order chi connectivity index (χ1) is 12.9. The minimum Gasteiger partial charge on any atom is -0.415 e. The lowest BCUT2D eigenvalue weighted by molar-refractivity contribution is 0.116. The van der Waals surface area contributed by atoms with Crippen LogP contribution in [0.1, 0.15) is 18.0 Å².